The Morgan fingerprint density at radius 3 is 2.35 bits per heavy atom. The van der Waals surface area contributed by atoms with Gasteiger partial charge in [0.25, 0.3) is 5.91 Å². The highest BCUT2D eigenvalue weighted by molar-refractivity contribution is 6.32. The number of para-hydroxylation sites is 2. The first-order chi connectivity index (χ1) is 11.1. The van der Waals surface area contributed by atoms with Gasteiger partial charge in [-0.25, -0.2) is 0 Å². The molecule has 0 fully saturated rings. The Morgan fingerprint density at radius 2 is 1.70 bits per heavy atom. The van der Waals surface area contributed by atoms with Gasteiger partial charge < -0.3 is 15.4 Å². The van der Waals surface area contributed by atoms with Gasteiger partial charge >= 0.3 is 0 Å². The maximum Gasteiger partial charge on any atom is 0.264 e. The second-order valence-corrected chi connectivity index (χ2v) is 5.22. The minimum Gasteiger partial charge on any atom is -0.482 e. The van der Waals surface area contributed by atoms with Gasteiger partial charge in [0.15, 0.2) is 6.61 Å². The lowest BCUT2D eigenvalue weighted by Crippen LogP contribution is -2.37. The van der Waals surface area contributed by atoms with Crippen LogP contribution in [0.4, 0.5) is 5.69 Å². The topological polar surface area (TPSA) is 72.6 Å². The summed E-state index contributed by atoms with van der Waals surface area (Å²) < 4.78 is 5.47. The van der Waals surface area contributed by atoms with E-state index < -0.39 is 5.91 Å². The molecular formula is C17H17ClN2O3. The molecule has 0 atom stereocenters. The van der Waals surface area contributed by atoms with Crippen molar-refractivity contribution in [3.8, 4) is 5.75 Å². The van der Waals surface area contributed by atoms with E-state index in [0.29, 0.717) is 16.5 Å². The number of amides is 2. The molecule has 0 aliphatic heterocycles. The summed E-state index contributed by atoms with van der Waals surface area (Å²) in [4.78, 5) is 24.9. The molecule has 6 heteroatoms. The highest BCUT2D eigenvalue weighted by atomic mass is 35.5. The molecular weight excluding hydrogens is 316 g/mol. The van der Waals surface area contributed by atoms with Gasteiger partial charge in [-0.1, -0.05) is 41.9 Å². The fourth-order valence-electron chi connectivity index (χ4n) is 2.01. The monoisotopic (exact) mass is 332 g/mol. The van der Waals surface area contributed by atoms with Crippen molar-refractivity contribution in [3.05, 3.63) is 59.6 Å². The van der Waals surface area contributed by atoms with Gasteiger partial charge in [-0.2, -0.15) is 0 Å². The summed E-state index contributed by atoms with van der Waals surface area (Å²) in [6, 6.07) is 16.0. The Kier molecular flexibility index (Phi) is 6.00. The smallest absolute Gasteiger partial charge is 0.264 e. The summed E-state index contributed by atoms with van der Waals surface area (Å²) in [6.07, 6.45) is 0.0761. The van der Waals surface area contributed by atoms with Crippen LogP contribution in [0.25, 0.3) is 0 Å². The average Bonchev–Trinajstić information content (AvgIpc) is 2.55. The molecule has 2 N–H and O–H groups in total. The molecule has 5 nitrogen and oxygen atoms in total. The van der Waals surface area contributed by atoms with Gasteiger partial charge in [0.2, 0.25) is 5.91 Å². The lowest BCUT2D eigenvalue weighted by atomic mass is 10.2. The molecule has 0 unspecified atom stereocenters. The van der Waals surface area contributed by atoms with Crippen LogP contribution in [0.1, 0.15) is 6.42 Å². The second-order valence-electron chi connectivity index (χ2n) is 4.82. The van der Waals surface area contributed by atoms with Crippen molar-refractivity contribution in [1.29, 1.82) is 0 Å². The molecule has 2 aromatic carbocycles. The van der Waals surface area contributed by atoms with Crippen molar-refractivity contribution in [1.82, 2.24) is 0 Å². The molecule has 0 bridgehead atoms. The van der Waals surface area contributed by atoms with Gasteiger partial charge in [-0.15, -0.1) is 0 Å². The average molecular weight is 333 g/mol. The van der Waals surface area contributed by atoms with Crippen LogP contribution in [0.5, 0.6) is 5.75 Å². The van der Waals surface area contributed by atoms with Crippen molar-refractivity contribution < 1.29 is 14.3 Å². The number of hydrogen-bond acceptors (Lipinski definition) is 3. The standard InChI is InChI=1S/C17H17ClN2O3/c18-14-8-4-5-9-15(14)23-12-17(22)20(11-10-16(19)21)13-6-2-1-3-7-13/h1-9H,10-12H2,(H2,19,21). The SMILES string of the molecule is NC(=O)CCN(C(=O)COc1ccccc1Cl)c1ccccc1. The maximum absolute atomic E-state index is 12.4. The van der Waals surface area contributed by atoms with Crippen molar-refractivity contribution in [3.63, 3.8) is 0 Å². The summed E-state index contributed by atoms with van der Waals surface area (Å²) in [5.41, 5.74) is 5.86. The van der Waals surface area contributed by atoms with Crippen molar-refractivity contribution in [2.24, 2.45) is 5.73 Å². The third kappa shape index (κ3) is 5.00. The third-order valence-electron chi connectivity index (χ3n) is 3.14. The molecule has 23 heavy (non-hydrogen) atoms. The minimum atomic E-state index is -0.467. The fraction of sp³-hybridized carbons (Fsp3) is 0.176. The molecule has 0 aliphatic rings. The van der Waals surface area contributed by atoms with Crippen LogP contribution in [0, 0.1) is 0 Å². The van der Waals surface area contributed by atoms with Gasteiger partial charge in [-0.3, -0.25) is 9.59 Å². The second kappa shape index (κ2) is 8.19. The highest BCUT2D eigenvalue weighted by Gasteiger charge is 2.17. The Morgan fingerprint density at radius 1 is 1.04 bits per heavy atom. The first-order valence-electron chi connectivity index (χ1n) is 7.09. The zero-order valence-corrected chi connectivity index (χ0v) is 13.2. The van der Waals surface area contributed by atoms with E-state index in [1.54, 1.807) is 36.4 Å². The predicted octanol–water partition coefficient (Wildman–Crippen LogP) is 2.63. The molecule has 0 heterocycles. The van der Waals surface area contributed by atoms with Gasteiger partial charge in [0.1, 0.15) is 5.75 Å². The molecule has 0 spiro atoms. The number of carbonyl (C=O) groups is 2. The van der Waals surface area contributed by atoms with Crippen LogP contribution in [0.15, 0.2) is 54.6 Å². The van der Waals surface area contributed by atoms with E-state index in [-0.39, 0.29) is 25.5 Å². The zero-order valence-electron chi connectivity index (χ0n) is 12.4. The normalized spacial score (nSPS) is 10.1. The van der Waals surface area contributed by atoms with Crippen LogP contribution in [-0.4, -0.2) is 25.0 Å². The quantitative estimate of drug-likeness (QED) is 0.847. The number of halogens is 1. The summed E-state index contributed by atoms with van der Waals surface area (Å²) in [5, 5.41) is 0.434. The van der Waals surface area contributed by atoms with Gasteiger partial charge in [-0.05, 0) is 24.3 Å². The van der Waals surface area contributed by atoms with E-state index in [2.05, 4.69) is 0 Å². The number of ether oxygens (including phenoxy) is 1. The van der Waals surface area contributed by atoms with Crippen LogP contribution in [-0.2, 0) is 9.59 Å². The lowest BCUT2D eigenvalue weighted by molar-refractivity contribution is -0.120. The molecule has 2 aromatic rings. The Hall–Kier alpha value is -2.53. The first kappa shape index (κ1) is 16.8. The van der Waals surface area contributed by atoms with E-state index in [0.717, 1.165) is 0 Å². The Bertz CT molecular complexity index is 677. The molecule has 0 radical (unpaired) electrons. The zero-order chi connectivity index (χ0) is 16.7. The van der Waals surface area contributed by atoms with Crippen molar-refractivity contribution in [2.45, 2.75) is 6.42 Å². The molecule has 2 amide bonds. The minimum absolute atomic E-state index is 0.0761. The predicted molar refractivity (Wildman–Crippen MR) is 89.6 cm³/mol. The van der Waals surface area contributed by atoms with Crippen molar-refractivity contribution in [2.75, 3.05) is 18.1 Å². The maximum atomic E-state index is 12.4. The number of hydrogen-bond donors (Lipinski definition) is 1. The van der Waals surface area contributed by atoms with Crippen LogP contribution >= 0.6 is 11.6 Å². The number of nitrogens with zero attached hydrogens (tertiary/aromatic N) is 1. The molecule has 0 saturated heterocycles. The molecule has 2 rings (SSSR count). The van der Waals surface area contributed by atoms with Crippen LogP contribution in [0.2, 0.25) is 5.02 Å². The largest absolute Gasteiger partial charge is 0.482 e. The number of primary amides is 1. The molecule has 0 saturated carbocycles. The molecule has 120 valence electrons. The lowest BCUT2D eigenvalue weighted by Gasteiger charge is -2.22. The van der Waals surface area contributed by atoms with E-state index in [1.807, 2.05) is 18.2 Å². The van der Waals surface area contributed by atoms with Crippen LogP contribution in [0.3, 0.4) is 0 Å². The summed E-state index contributed by atoms with van der Waals surface area (Å²) in [5.74, 6) is -0.312. The number of nitrogens with two attached hydrogens (primary N) is 1. The summed E-state index contributed by atoms with van der Waals surface area (Å²) in [7, 11) is 0. The summed E-state index contributed by atoms with van der Waals surface area (Å²) >= 11 is 6.00. The Balaban J connectivity index is 2.07. The first-order valence-corrected chi connectivity index (χ1v) is 7.47. The van der Waals surface area contributed by atoms with Crippen LogP contribution < -0.4 is 15.4 Å². The highest BCUT2D eigenvalue weighted by Crippen LogP contribution is 2.23. The van der Waals surface area contributed by atoms with E-state index in [9.17, 15) is 9.59 Å². The van der Waals surface area contributed by atoms with Gasteiger partial charge in [0.05, 0.1) is 5.02 Å². The number of anilines is 1. The number of carbonyl (C=O) groups excluding carboxylic acids is 2. The third-order valence-corrected chi connectivity index (χ3v) is 3.45. The molecule has 0 aromatic heterocycles. The Labute approximate surface area is 139 Å². The van der Waals surface area contributed by atoms with E-state index in [1.165, 1.54) is 4.90 Å². The number of rotatable bonds is 7. The van der Waals surface area contributed by atoms with E-state index in [4.69, 9.17) is 22.1 Å². The van der Waals surface area contributed by atoms with E-state index >= 15 is 0 Å². The number of benzene rings is 2. The molecule has 0 aliphatic carbocycles. The van der Waals surface area contributed by atoms with Gasteiger partial charge in [0, 0.05) is 18.7 Å². The van der Waals surface area contributed by atoms with Crippen molar-refractivity contribution >= 4 is 29.1 Å². The fourth-order valence-corrected chi connectivity index (χ4v) is 2.20. The summed E-state index contributed by atoms with van der Waals surface area (Å²) in [6.45, 7) is 0.0153.